The van der Waals surface area contributed by atoms with E-state index in [4.69, 9.17) is 4.74 Å². The van der Waals surface area contributed by atoms with Crippen LogP contribution in [0.5, 0.6) is 0 Å². The van der Waals surface area contributed by atoms with E-state index in [0.717, 1.165) is 38.4 Å². The first-order chi connectivity index (χ1) is 11.6. The fourth-order valence-corrected chi connectivity index (χ4v) is 4.43. The van der Waals surface area contributed by atoms with Crippen molar-refractivity contribution in [2.75, 3.05) is 33.8 Å². The molecule has 0 radical (unpaired) electrons. The molecule has 3 aliphatic rings. The summed E-state index contributed by atoms with van der Waals surface area (Å²) in [6.45, 7) is 4.16. The summed E-state index contributed by atoms with van der Waals surface area (Å²) in [4.78, 5) is 18.0. The third-order valence-corrected chi connectivity index (χ3v) is 6.02. The third kappa shape index (κ3) is 3.13. The quantitative estimate of drug-likeness (QED) is 0.437. The Morgan fingerprint density at radius 2 is 2.17 bits per heavy atom. The van der Waals surface area contributed by atoms with Crippen LogP contribution in [0.1, 0.15) is 45.4 Å². The van der Waals surface area contributed by atoms with Crippen LogP contribution in [-0.4, -0.2) is 62.7 Å². The molecule has 0 aromatic heterocycles. The van der Waals surface area contributed by atoms with Crippen LogP contribution < -0.4 is 10.6 Å². The number of unbranched alkanes of at least 4 members (excludes halogenated alkanes) is 1. The zero-order chi connectivity index (χ0) is 17.2. The van der Waals surface area contributed by atoms with Crippen molar-refractivity contribution in [3.05, 3.63) is 0 Å². The minimum atomic E-state index is 0.0284. The van der Waals surface area contributed by atoms with Gasteiger partial charge in [0.15, 0.2) is 5.96 Å². The maximum atomic E-state index is 11.9. The van der Waals surface area contributed by atoms with Gasteiger partial charge in [-0.3, -0.25) is 4.79 Å². The summed E-state index contributed by atoms with van der Waals surface area (Å²) in [5.74, 6) is 1.42. The second kappa shape index (κ2) is 7.30. The molecule has 1 spiro atoms. The molecule has 0 aromatic rings. The molecule has 0 bridgehead atoms. The molecule has 24 heavy (non-hydrogen) atoms. The van der Waals surface area contributed by atoms with Gasteiger partial charge in [0.25, 0.3) is 0 Å². The number of nitrogens with one attached hydrogen (secondary N) is 2. The second-order valence-corrected chi connectivity index (χ2v) is 7.69. The van der Waals surface area contributed by atoms with E-state index in [-0.39, 0.29) is 12.5 Å². The molecule has 3 unspecified atom stereocenters. The molecule has 3 atom stereocenters. The number of carbonyl (C=O) groups excluding carboxylic acids is 1. The van der Waals surface area contributed by atoms with Crippen LogP contribution in [-0.2, 0) is 9.53 Å². The van der Waals surface area contributed by atoms with Gasteiger partial charge in [0.1, 0.15) is 6.54 Å². The zero-order valence-electron chi connectivity index (χ0n) is 15.3. The van der Waals surface area contributed by atoms with Crippen LogP contribution in [0.2, 0.25) is 0 Å². The number of hydrogen-bond acceptors (Lipinski definition) is 3. The van der Waals surface area contributed by atoms with Crippen LogP contribution in [0.4, 0.5) is 0 Å². The van der Waals surface area contributed by atoms with E-state index in [1.165, 1.54) is 19.3 Å². The molecule has 0 aromatic carbocycles. The highest BCUT2D eigenvalue weighted by molar-refractivity contribution is 5.85. The number of likely N-dealkylation sites (N-methyl/N-ethyl adjacent to an activating group) is 1. The fraction of sp³-hybridized carbons (Fsp3) is 0.889. The highest BCUT2D eigenvalue weighted by Crippen LogP contribution is 2.62. The van der Waals surface area contributed by atoms with Crippen LogP contribution in [0, 0.1) is 11.3 Å². The number of guanidine groups is 1. The summed E-state index contributed by atoms with van der Waals surface area (Å²) >= 11 is 0. The molecular weight excluding hydrogens is 304 g/mol. The second-order valence-electron chi connectivity index (χ2n) is 7.69. The predicted molar refractivity (Wildman–Crippen MR) is 95.0 cm³/mol. The summed E-state index contributed by atoms with van der Waals surface area (Å²) in [7, 11) is 3.54. The minimum absolute atomic E-state index is 0.0284. The van der Waals surface area contributed by atoms with Crippen molar-refractivity contribution in [3.8, 4) is 0 Å². The van der Waals surface area contributed by atoms with Crippen LogP contribution in [0.25, 0.3) is 0 Å². The Balaban J connectivity index is 1.64. The Hall–Kier alpha value is -1.30. The van der Waals surface area contributed by atoms with Crippen molar-refractivity contribution in [1.29, 1.82) is 0 Å². The molecule has 1 aliphatic heterocycles. The topological polar surface area (TPSA) is 66.0 Å². The monoisotopic (exact) mass is 336 g/mol. The van der Waals surface area contributed by atoms with E-state index in [1.807, 2.05) is 0 Å². The van der Waals surface area contributed by atoms with E-state index in [9.17, 15) is 4.79 Å². The molecule has 2 aliphatic carbocycles. The van der Waals surface area contributed by atoms with Gasteiger partial charge in [0.05, 0.1) is 6.10 Å². The minimum Gasteiger partial charge on any atom is -0.377 e. The van der Waals surface area contributed by atoms with Crippen LogP contribution >= 0.6 is 0 Å². The SMILES string of the molecule is CCCCNC(=NCC(=O)N(C)C)NC1C2CCOC2C12CCC2. The van der Waals surface area contributed by atoms with E-state index in [2.05, 4.69) is 22.5 Å². The zero-order valence-corrected chi connectivity index (χ0v) is 15.3. The number of fused-ring (bicyclic) bond motifs is 2. The lowest BCUT2D eigenvalue weighted by Gasteiger charge is -2.63. The Morgan fingerprint density at radius 3 is 2.79 bits per heavy atom. The van der Waals surface area contributed by atoms with Gasteiger partial charge in [-0.15, -0.1) is 0 Å². The van der Waals surface area contributed by atoms with E-state index < -0.39 is 0 Å². The Bertz CT molecular complexity index is 487. The maximum absolute atomic E-state index is 11.9. The highest BCUT2D eigenvalue weighted by Gasteiger charge is 2.66. The molecular formula is C18H32N4O2. The van der Waals surface area contributed by atoms with Crippen LogP contribution in [0.15, 0.2) is 4.99 Å². The first-order valence-electron chi connectivity index (χ1n) is 9.45. The molecule has 2 saturated carbocycles. The van der Waals surface area contributed by atoms with Crippen LogP contribution in [0.3, 0.4) is 0 Å². The molecule has 6 heteroatoms. The number of amides is 1. The number of rotatable bonds is 6. The molecule has 3 rings (SSSR count). The molecule has 1 heterocycles. The molecule has 1 amide bonds. The normalized spacial score (nSPS) is 30.3. The maximum Gasteiger partial charge on any atom is 0.243 e. The Labute approximate surface area is 145 Å². The average molecular weight is 336 g/mol. The number of ether oxygens (including phenoxy) is 1. The number of aliphatic imine (C=N–C) groups is 1. The smallest absolute Gasteiger partial charge is 0.243 e. The summed E-state index contributed by atoms with van der Waals surface area (Å²) in [5.41, 5.74) is 0.319. The van der Waals surface area contributed by atoms with Gasteiger partial charge < -0.3 is 20.3 Å². The van der Waals surface area contributed by atoms with Gasteiger partial charge in [0.2, 0.25) is 5.91 Å². The summed E-state index contributed by atoms with van der Waals surface area (Å²) in [5, 5.41) is 7.07. The fourth-order valence-electron chi connectivity index (χ4n) is 4.43. The van der Waals surface area contributed by atoms with E-state index in [1.54, 1.807) is 19.0 Å². The first kappa shape index (κ1) is 17.5. The van der Waals surface area contributed by atoms with Crippen molar-refractivity contribution in [3.63, 3.8) is 0 Å². The van der Waals surface area contributed by atoms with Gasteiger partial charge in [-0.25, -0.2) is 4.99 Å². The predicted octanol–water partition coefficient (Wildman–Crippen LogP) is 1.37. The van der Waals surface area contributed by atoms with Gasteiger partial charge in [-0.2, -0.15) is 0 Å². The highest BCUT2D eigenvalue weighted by atomic mass is 16.5. The van der Waals surface area contributed by atoms with Gasteiger partial charge in [0, 0.05) is 44.6 Å². The van der Waals surface area contributed by atoms with Crippen molar-refractivity contribution >= 4 is 11.9 Å². The Kier molecular flexibility index (Phi) is 5.33. The number of hydrogen-bond donors (Lipinski definition) is 2. The third-order valence-electron chi connectivity index (χ3n) is 6.02. The van der Waals surface area contributed by atoms with Crippen molar-refractivity contribution < 1.29 is 9.53 Å². The Morgan fingerprint density at radius 1 is 1.38 bits per heavy atom. The van der Waals surface area contributed by atoms with Gasteiger partial charge >= 0.3 is 0 Å². The number of nitrogens with zero attached hydrogens (tertiary/aromatic N) is 2. The van der Waals surface area contributed by atoms with Gasteiger partial charge in [-0.05, 0) is 25.7 Å². The van der Waals surface area contributed by atoms with E-state index in [0.29, 0.717) is 23.5 Å². The van der Waals surface area contributed by atoms with Crippen molar-refractivity contribution in [2.45, 2.75) is 57.6 Å². The molecule has 136 valence electrons. The number of carbonyl (C=O) groups is 1. The summed E-state index contributed by atoms with van der Waals surface area (Å²) in [6, 6.07) is 0.445. The van der Waals surface area contributed by atoms with Gasteiger partial charge in [-0.1, -0.05) is 19.8 Å². The van der Waals surface area contributed by atoms with Crippen molar-refractivity contribution in [1.82, 2.24) is 15.5 Å². The molecule has 6 nitrogen and oxygen atoms in total. The largest absolute Gasteiger partial charge is 0.377 e. The molecule has 1 saturated heterocycles. The lowest BCUT2D eigenvalue weighted by molar-refractivity contribution is -0.171. The molecule has 3 fully saturated rings. The first-order valence-corrected chi connectivity index (χ1v) is 9.45. The summed E-state index contributed by atoms with van der Waals surface area (Å²) in [6.07, 6.45) is 7.65. The lowest BCUT2D eigenvalue weighted by atomic mass is 9.46. The lowest BCUT2D eigenvalue weighted by Crippen LogP contribution is -2.72. The van der Waals surface area contributed by atoms with E-state index >= 15 is 0 Å². The summed E-state index contributed by atoms with van der Waals surface area (Å²) < 4.78 is 5.99. The molecule has 2 N–H and O–H groups in total. The average Bonchev–Trinajstić information content (AvgIpc) is 2.92. The standard InChI is InChI=1S/C18H32N4O2/c1-4-5-10-19-17(20-12-14(23)22(2)3)21-15-13-7-11-24-16(13)18(15)8-6-9-18/h13,15-16H,4-12H2,1-3H3,(H2,19,20,21). The van der Waals surface area contributed by atoms with Crippen molar-refractivity contribution in [2.24, 2.45) is 16.3 Å².